The smallest absolute Gasteiger partial charge is 0.328 e. The molecule has 0 radical (unpaired) electrons. The first kappa shape index (κ1) is 28.5. The maximum Gasteiger partial charge on any atom is 0.328 e. The number of carbonyl (C=O) groups excluding carboxylic acids is 4. The molecule has 34 heavy (non-hydrogen) atoms. The van der Waals surface area contributed by atoms with Crippen molar-refractivity contribution in [3.05, 3.63) is 35.9 Å². The number of carboxylic acid groups (broad SMARTS) is 1. The number of nitrogens with one attached hydrogen (secondary N) is 3. The van der Waals surface area contributed by atoms with Crippen LogP contribution in [0.2, 0.25) is 0 Å². The third kappa shape index (κ3) is 9.16. The second-order valence-electron chi connectivity index (χ2n) is 8.32. The molecule has 0 aromatic heterocycles. The van der Waals surface area contributed by atoms with Gasteiger partial charge in [-0.1, -0.05) is 44.2 Å². The van der Waals surface area contributed by atoms with Gasteiger partial charge in [-0.15, -0.1) is 0 Å². The van der Waals surface area contributed by atoms with Gasteiger partial charge in [0.2, 0.25) is 23.6 Å². The number of aliphatic hydroxyl groups is 1. The lowest BCUT2D eigenvalue weighted by Crippen LogP contribution is -2.60. The van der Waals surface area contributed by atoms with Gasteiger partial charge in [-0.2, -0.15) is 0 Å². The fourth-order valence-electron chi connectivity index (χ4n) is 3.07. The van der Waals surface area contributed by atoms with Crippen molar-refractivity contribution in [3.63, 3.8) is 0 Å². The highest BCUT2D eigenvalue weighted by atomic mass is 16.4. The molecule has 0 fully saturated rings. The Morgan fingerprint density at radius 3 is 1.91 bits per heavy atom. The topological polar surface area (TPSA) is 214 Å². The zero-order chi connectivity index (χ0) is 26.0. The minimum Gasteiger partial charge on any atom is -0.480 e. The summed E-state index contributed by atoms with van der Waals surface area (Å²) in [5.74, 6) is -4.99. The third-order valence-corrected chi connectivity index (χ3v) is 4.97. The zero-order valence-electron chi connectivity index (χ0n) is 19.4. The molecule has 4 amide bonds. The van der Waals surface area contributed by atoms with Crippen molar-refractivity contribution in [2.75, 3.05) is 0 Å². The first-order valence-corrected chi connectivity index (χ1v) is 10.7. The van der Waals surface area contributed by atoms with Gasteiger partial charge in [0.05, 0.1) is 18.6 Å². The zero-order valence-corrected chi connectivity index (χ0v) is 19.4. The minimum absolute atomic E-state index is 0.0551. The number of aliphatic hydroxyl groups excluding tert-OH is 1. The quantitative estimate of drug-likeness (QED) is 0.168. The van der Waals surface area contributed by atoms with Crippen molar-refractivity contribution in [3.8, 4) is 0 Å². The SMILES string of the molecule is CC(C)C(NC(=O)C(Cc1ccccc1)NC(=O)C(N)CC(N)=O)C(=O)NC(C(=O)O)C(C)O. The van der Waals surface area contributed by atoms with Crippen LogP contribution in [0.15, 0.2) is 30.3 Å². The lowest BCUT2D eigenvalue weighted by molar-refractivity contribution is -0.145. The van der Waals surface area contributed by atoms with E-state index in [1.54, 1.807) is 44.2 Å². The third-order valence-electron chi connectivity index (χ3n) is 4.97. The maximum atomic E-state index is 13.1. The normalized spacial score (nSPS) is 15.4. The van der Waals surface area contributed by atoms with Crippen LogP contribution in [-0.4, -0.2) is 70.1 Å². The van der Waals surface area contributed by atoms with Crippen molar-refractivity contribution >= 4 is 29.6 Å². The van der Waals surface area contributed by atoms with E-state index < -0.39 is 72.2 Å². The van der Waals surface area contributed by atoms with Crippen LogP contribution in [0.25, 0.3) is 0 Å². The molecule has 0 heterocycles. The second-order valence-corrected chi connectivity index (χ2v) is 8.32. The first-order chi connectivity index (χ1) is 15.8. The van der Waals surface area contributed by atoms with Gasteiger partial charge in [-0.3, -0.25) is 19.2 Å². The molecular weight excluding hydrogens is 446 g/mol. The van der Waals surface area contributed by atoms with Crippen molar-refractivity contribution < 1.29 is 34.2 Å². The van der Waals surface area contributed by atoms with Crippen LogP contribution in [0, 0.1) is 5.92 Å². The van der Waals surface area contributed by atoms with Gasteiger partial charge in [0.15, 0.2) is 6.04 Å². The number of hydrogen-bond acceptors (Lipinski definition) is 7. The minimum atomic E-state index is -1.57. The summed E-state index contributed by atoms with van der Waals surface area (Å²) in [6.45, 7) is 4.48. The lowest BCUT2D eigenvalue weighted by atomic mass is 10.00. The summed E-state index contributed by atoms with van der Waals surface area (Å²) in [5, 5.41) is 26.1. The van der Waals surface area contributed by atoms with Crippen LogP contribution in [0.1, 0.15) is 32.8 Å². The predicted molar refractivity (Wildman–Crippen MR) is 122 cm³/mol. The molecule has 0 saturated heterocycles. The molecule has 0 aliphatic carbocycles. The molecule has 0 aliphatic heterocycles. The van der Waals surface area contributed by atoms with Crippen molar-refractivity contribution in [2.24, 2.45) is 17.4 Å². The summed E-state index contributed by atoms with van der Waals surface area (Å²) in [6, 6.07) is 3.59. The number of nitrogens with two attached hydrogens (primary N) is 2. The van der Waals surface area contributed by atoms with Gasteiger partial charge in [0, 0.05) is 6.42 Å². The molecule has 1 aromatic carbocycles. The van der Waals surface area contributed by atoms with Gasteiger partial charge in [-0.05, 0) is 18.4 Å². The summed E-state index contributed by atoms with van der Waals surface area (Å²) in [5.41, 5.74) is 11.5. The molecule has 12 heteroatoms. The Hall–Kier alpha value is -3.51. The number of aliphatic carboxylic acids is 1. The first-order valence-electron chi connectivity index (χ1n) is 10.7. The summed E-state index contributed by atoms with van der Waals surface area (Å²) in [6.07, 6.45) is -1.74. The molecule has 0 bridgehead atoms. The summed E-state index contributed by atoms with van der Waals surface area (Å²) < 4.78 is 0. The van der Waals surface area contributed by atoms with Crippen LogP contribution in [0.3, 0.4) is 0 Å². The predicted octanol–water partition coefficient (Wildman–Crippen LogP) is -1.99. The van der Waals surface area contributed by atoms with Gasteiger partial charge < -0.3 is 37.6 Å². The molecule has 12 nitrogen and oxygen atoms in total. The number of hydrogen-bond donors (Lipinski definition) is 7. The van der Waals surface area contributed by atoms with Crippen LogP contribution in [-0.2, 0) is 30.4 Å². The molecule has 0 aliphatic rings. The highest BCUT2D eigenvalue weighted by molar-refractivity contribution is 5.95. The average molecular weight is 480 g/mol. The summed E-state index contributed by atoms with van der Waals surface area (Å²) in [4.78, 5) is 60.6. The molecule has 0 saturated carbocycles. The Kier molecular flexibility index (Phi) is 11.1. The largest absolute Gasteiger partial charge is 0.480 e. The molecule has 5 unspecified atom stereocenters. The van der Waals surface area contributed by atoms with E-state index in [-0.39, 0.29) is 6.42 Å². The molecule has 0 spiro atoms. The monoisotopic (exact) mass is 479 g/mol. The van der Waals surface area contributed by atoms with Crippen LogP contribution in [0.5, 0.6) is 0 Å². The van der Waals surface area contributed by atoms with E-state index in [4.69, 9.17) is 11.5 Å². The van der Waals surface area contributed by atoms with Gasteiger partial charge in [0.1, 0.15) is 12.1 Å². The highest BCUT2D eigenvalue weighted by Crippen LogP contribution is 2.08. The number of carboxylic acids is 1. The van der Waals surface area contributed by atoms with E-state index >= 15 is 0 Å². The molecule has 1 aromatic rings. The Morgan fingerprint density at radius 2 is 1.44 bits per heavy atom. The van der Waals surface area contributed by atoms with Crippen LogP contribution >= 0.6 is 0 Å². The fraction of sp³-hybridized carbons (Fsp3) is 0.500. The van der Waals surface area contributed by atoms with Crippen LogP contribution in [0.4, 0.5) is 0 Å². The fourth-order valence-corrected chi connectivity index (χ4v) is 3.07. The van der Waals surface area contributed by atoms with Gasteiger partial charge >= 0.3 is 5.97 Å². The van der Waals surface area contributed by atoms with E-state index in [1.165, 1.54) is 6.92 Å². The Balaban J connectivity index is 3.08. The van der Waals surface area contributed by atoms with E-state index in [1.807, 2.05) is 0 Å². The molecule has 9 N–H and O–H groups in total. The summed E-state index contributed by atoms with van der Waals surface area (Å²) >= 11 is 0. The Bertz CT molecular complexity index is 876. The second kappa shape index (κ2) is 13.3. The number of carbonyl (C=O) groups is 5. The van der Waals surface area contributed by atoms with Gasteiger partial charge in [0.25, 0.3) is 0 Å². The van der Waals surface area contributed by atoms with Gasteiger partial charge in [-0.25, -0.2) is 4.79 Å². The van der Waals surface area contributed by atoms with Crippen molar-refractivity contribution in [2.45, 2.75) is 63.9 Å². The number of rotatable bonds is 13. The highest BCUT2D eigenvalue weighted by Gasteiger charge is 2.33. The van der Waals surface area contributed by atoms with E-state index in [0.717, 1.165) is 0 Å². The van der Waals surface area contributed by atoms with E-state index in [0.29, 0.717) is 5.56 Å². The van der Waals surface area contributed by atoms with Crippen molar-refractivity contribution in [1.82, 2.24) is 16.0 Å². The molecule has 1 rings (SSSR count). The summed E-state index contributed by atoms with van der Waals surface area (Å²) in [7, 11) is 0. The molecule has 188 valence electrons. The number of amides is 4. The lowest BCUT2D eigenvalue weighted by Gasteiger charge is -2.27. The standard InChI is InChI=1S/C22H33N5O7/c1-11(2)17(21(32)27-18(12(3)28)22(33)34)26-20(31)15(9-13-7-5-4-6-8-13)25-19(30)14(23)10-16(24)29/h4-8,11-12,14-15,17-18,28H,9-10,23H2,1-3H3,(H2,24,29)(H,25,30)(H,26,31)(H,27,32)(H,33,34). The van der Waals surface area contributed by atoms with E-state index in [9.17, 15) is 34.2 Å². The Labute approximate surface area is 197 Å². The number of primary amides is 1. The number of benzene rings is 1. The average Bonchev–Trinajstić information content (AvgIpc) is 2.74. The van der Waals surface area contributed by atoms with Crippen LogP contribution < -0.4 is 27.4 Å². The maximum absolute atomic E-state index is 13.1. The molecular formula is C22H33N5O7. The Morgan fingerprint density at radius 1 is 0.882 bits per heavy atom. The van der Waals surface area contributed by atoms with E-state index in [2.05, 4.69) is 16.0 Å². The molecule has 5 atom stereocenters. The van der Waals surface area contributed by atoms with Crippen molar-refractivity contribution in [1.29, 1.82) is 0 Å².